The van der Waals surface area contributed by atoms with Crippen LogP contribution in [0.1, 0.15) is 31.9 Å². The van der Waals surface area contributed by atoms with E-state index < -0.39 is 11.5 Å². The zero-order chi connectivity index (χ0) is 12.2. The molecule has 0 bridgehead atoms. The van der Waals surface area contributed by atoms with Gasteiger partial charge in [-0.05, 0) is 5.56 Å². The number of carbonyl (C=O) groups is 1. The highest BCUT2D eigenvalue weighted by Gasteiger charge is 2.35. The zero-order valence-electron chi connectivity index (χ0n) is 9.81. The Hall–Kier alpha value is -1.41. The molecule has 86 valence electrons. The fourth-order valence-corrected chi connectivity index (χ4v) is 1.60. The van der Waals surface area contributed by atoms with E-state index in [1.807, 2.05) is 30.3 Å². The summed E-state index contributed by atoms with van der Waals surface area (Å²) in [5, 5.41) is 10.2. The Morgan fingerprint density at radius 3 is 2.50 bits per heavy atom. The van der Waals surface area contributed by atoms with Crippen LogP contribution in [0.25, 0.3) is 0 Å². The predicted octanol–water partition coefficient (Wildman–Crippen LogP) is 2.89. The van der Waals surface area contributed by atoms with E-state index in [9.17, 15) is 9.90 Å². The van der Waals surface area contributed by atoms with Gasteiger partial charge in [-0.15, -0.1) is 6.58 Å². The Morgan fingerprint density at radius 1 is 1.44 bits per heavy atom. The summed E-state index contributed by atoms with van der Waals surface area (Å²) in [6.07, 6.45) is 1.08. The molecular formula is C14H18O2. The Kier molecular flexibility index (Phi) is 4.02. The molecule has 1 atom stereocenters. The molecule has 0 heterocycles. The molecule has 0 saturated heterocycles. The van der Waals surface area contributed by atoms with Crippen molar-refractivity contribution in [2.24, 2.45) is 5.41 Å². The average molecular weight is 218 g/mol. The zero-order valence-corrected chi connectivity index (χ0v) is 9.81. The number of rotatable bonds is 5. The molecule has 2 nitrogen and oxygen atoms in total. The Bertz CT molecular complexity index is 366. The Labute approximate surface area is 96.6 Å². The van der Waals surface area contributed by atoms with Gasteiger partial charge < -0.3 is 5.11 Å². The molecule has 0 amide bonds. The molecule has 1 unspecified atom stereocenters. The number of allylic oxidation sites excluding steroid dienone is 1. The number of hydrogen-bond donors (Lipinski definition) is 1. The molecule has 1 aromatic carbocycles. The topological polar surface area (TPSA) is 37.3 Å². The van der Waals surface area contributed by atoms with E-state index >= 15 is 0 Å². The van der Waals surface area contributed by atoms with Crippen molar-refractivity contribution in [1.29, 1.82) is 0 Å². The number of benzene rings is 1. The number of carbonyl (C=O) groups excluding carboxylic acids is 1. The van der Waals surface area contributed by atoms with Crippen LogP contribution in [-0.2, 0) is 4.79 Å². The minimum atomic E-state index is -0.782. The van der Waals surface area contributed by atoms with Gasteiger partial charge in [-0.2, -0.15) is 0 Å². The van der Waals surface area contributed by atoms with Crippen molar-refractivity contribution in [3.8, 4) is 0 Å². The lowest BCUT2D eigenvalue weighted by atomic mass is 9.78. The molecule has 0 spiro atoms. The van der Waals surface area contributed by atoms with Crippen LogP contribution in [0.15, 0.2) is 43.0 Å². The molecule has 0 aliphatic rings. The Morgan fingerprint density at radius 2 is 2.00 bits per heavy atom. The van der Waals surface area contributed by atoms with Gasteiger partial charge in [0.25, 0.3) is 0 Å². The summed E-state index contributed by atoms with van der Waals surface area (Å²) in [4.78, 5) is 11.8. The maximum Gasteiger partial charge on any atom is 0.145 e. The van der Waals surface area contributed by atoms with Crippen LogP contribution in [0.2, 0.25) is 0 Å². The maximum atomic E-state index is 11.8. The molecule has 1 N–H and O–H groups in total. The van der Waals surface area contributed by atoms with Crippen LogP contribution in [0.4, 0.5) is 0 Å². The van der Waals surface area contributed by atoms with Gasteiger partial charge in [0, 0.05) is 6.42 Å². The molecule has 2 heteroatoms. The van der Waals surface area contributed by atoms with Crippen LogP contribution in [0, 0.1) is 5.41 Å². The summed E-state index contributed by atoms with van der Waals surface area (Å²) >= 11 is 0. The number of hydrogen-bond acceptors (Lipinski definition) is 2. The molecule has 0 saturated carbocycles. The van der Waals surface area contributed by atoms with Gasteiger partial charge in [-0.1, -0.05) is 50.3 Å². The first-order valence-electron chi connectivity index (χ1n) is 5.37. The van der Waals surface area contributed by atoms with Crippen molar-refractivity contribution in [3.05, 3.63) is 48.6 Å². The third kappa shape index (κ3) is 2.58. The minimum Gasteiger partial charge on any atom is -0.387 e. The predicted molar refractivity (Wildman–Crippen MR) is 65.0 cm³/mol. The standard InChI is InChI=1S/C14H18O2/c1-4-8-12(15)14(2,3)13(16)11-9-6-5-7-10-11/h4-7,9-10,13,16H,1,8H2,2-3H3. The lowest BCUT2D eigenvalue weighted by Gasteiger charge is -2.29. The molecule has 1 aromatic rings. The summed E-state index contributed by atoms with van der Waals surface area (Å²) < 4.78 is 0. The highest BCUT2D eigenvalue weighted by molar-refractivity contribution is 5.86. The third-order valence-corrected chi connectivity index (χ3v) is 2.85. The van der Waals surface area contributed by atoms with E-state index in [4.69, 9.17) is 0 Å². The minimum absolute atomic E-state index is 0.00106. The third-order valence-electron chi connectivity index (χ3n) is 2.85. The molecule has 0 aliphatic heterocycles. The summed E-state index contributed by atoms with van der Waals surface area (Å²) in [7, 11) is 0. The van der Waals surface area contributed by atoms with Crippen molar-refractivity contribution < 1.29 is 9.90 Å². The molecule has 0 fully saturated rings. The van der Waals surface area contributed by atoms with Crippen LogP contribution in [0.5, 0.6) is 0 Å². The van der Waals surface area contributed by atoms with Crippen LogP contribution < -0.4 is 0 Å². The van der Waals surface area contributed by atoms with E-state index in [1.54, 1.807) is 19.9 Å². The second-order valence-corrected chi connectivity index (χ2v) is 4.45. The van der Waals surface area contributed by atoms with Gasteiger partial charge in [0.05, 0.1) is 11.5 Å². The molecule has 0 aliphatic carbocycles. The highest BCUT2D eigenvalue weighted by atomic mass is 16.3. The van der Waals surface area contributed by atoms with Crippen molar-refractivity contribution in [2.45, 2.75) is 26.4 Å². The van der Waals surface area contributed by atoms with Crippen molar-refractivity contribution in [2.75, 3.05) is 0 Å². The largest absolute Gasteiger partial charge is 0.387 e. The van der Waals surface area contributed by atoms with Gasteiger partial charge in [-0.3, -0.25) is 4.79 Å². The summed E-state index contributed by atoms with van der Waals surface area (Å²) in [5.74, 6) is -0.00106. The molecule has 0 aromatic heterocycles. The first-order chi connectivity index (χ1) is 7.50. The van der Waals surface area contributed by atoms with E-state index in [0.717, 1.165) is 5.56 Å². The smallest absolute Gasteiger partial charge is 0.145 e. The number of aliphatic hydroxyl groups excluding tert-OH is 1. The van der Waals surface area contributed by atoms with Crippen molar-refractivity contribution >= 4 is 5.78 Å². The second-order valence-electron chi connectivity index (χ2n) is 4.45. The maximum absolute atomic E-state index is 11.8. The van der Waals surface area contributed by atoms with E-state index in [0.29, 0.717) is 0 Å². The van der Waals surface area contributed by atoms with Gasteiger partial charge in [0.2, 0.25) is 0 Å². The quantitative estimate of drug-likeness (QED) is 0.771. The van der Waals surface area contributed by atoms with Crippen LogP contribution in [0.3, 0.4) is 0 Å². The Balaban J connectivity index is 2.91. The van der Waals surface area contributed by atoms with Crippen molar-refractivity contribution in [3.63, 3.8) is 0 Å². The highest BCUT2D eigenvalue weighted by Crippen LogP contribution is 2.34. The average Bonchev–Trinajstić information content (AvgIpc) is 2.29. The van der Waals surface area contributed by atoms with Gasteiger partial charge in [-0.25, -0.2) is 0 Å². The van der Waals surface area contributed by atoms with Crippen LogP contribution >= 0.6 is 0 Å². The van der Waals surface area contributed by atoms with Gasteiger partial charge in [0.1, 0.15) is 5.78 Å². The second kappa shape index (κ2) is 5.08. The molecule has 0 radical (unpaired) electrons. The van der Waals surface area contributed by atoms with Gasteiger partial charge >= 0.3 is 0 Å². The summed E-state index contributed by atoms with van der Waals surface area (Å²) in [6.45, 7) is 7.06. The lowest BCUT2D eigenvalue weighted by molar-refractivity contribution is -0.132. The SMILES string of the molecule is C=CCC(=O)C(C)(C)C(O)c1ccccc1. The number of aliphatic hydroxyl groups is 1. The molecular weight excluding hydrogens is 200 g/mol. The van der Waals surface area contributed by atoms with E-state index in [-0.39, 0.29) is 12.2 Å². The fourth-order valence-electron chi connectivity index (χ4n) is 1.60. The van der Waals surface area contributed by atoms with Gasteiger partial charge in [0.15, 0.2) is 0 Å². The lowest BCUT2D eigenvalue weighted by Crippen LogP contribution is -2.31. The normalized spacial score (nSPS) is 13.2. The molecule has 1 rings (SSSR count). The first-order valence-corrected chi connectivity index (χ1v) is 5.37. The fraction of sp³-hybridized carbons (Fsp3) is 0.357. The number of ketones is 1. The summed E-state index contributed by atoms with van der Waals surface area (Å²) in [6, 6.07) is 9.25. The summed E-state index contributed by atoms with van der Waals surface area (Å²) in [5.41, 5.74) is -0.0138. The first kappa shape index (κ1) is 12.7. The van der Waals surface area contributed by atoms with Crippen LogP contribution in [-0.4, -0.2) is 10.9 Å². The van der Waals surface area contributed by atoms with E-state index in [1.165, 1.54) is 0 Å². The monoisotopic (exact) mass is 218 g/mol. The number of Topliss-reactive ketones (excluding diaryl/α,β-unsaturated/α-hetero) is 1. The van der Waals surface area contributed by atoms with Crippen molar-refractivity contribution in [1.82, 2.24) is 0 Å². The van der Waals surface area contributed by atoms with E-state index in [2.05, 4.69) is 6.58 Å². The molecule has 16 heavy (non-hydrogen) atoms.